The van der Waals surface area contributed by atoms with Gasteiger partial charge in [-0.05, 0) is 60.9 Å². The fourth-order valence-corrected chi connectivity index (χ4v) is 3.58. The van der Waals surface area contributed by atoms with Crippen LogP contribution in [0.5, 0.6) is 0 Å². The minimum atomic E-state index is -0.222. The van der Waals surface area contributed by atoms with E-state index in [4.69, 9.17) is 0 Å². The zero-order chi connectivity index (χ0) is 14.7. The van der Waals surface area contributed by atoms with Crippen LogP contribution in [0, 0.1) is 5.82 Å². The highest BCUT2D eigenvalue weighted by Crippen LogP contribution is 2.28. The number of hydrogen-bond acceptors (Lipinski definition) is 2. The minimum absolute atomic E-state index is 0.152. The lowest BCUT2D eigenvalue weighted by Gasteiger charge is -2.29. The number of fused-ring (bicyclic) bond motifs is 1. The highest BCUT2D eigenvalue weighted by Gasteiger charge is 2.22. The first-order valence-corrected chi connectivity index (χ1v) is 8.23. The Kier molecular flexibility index (Phi) is 4.34. The van der Waals surface area contributed by atoms with Gasteiger partial charge in [-0.1, -0.05) is 6.07 Å². The first-order chi connectivity index (χ1) is 10.2. The lowest BCUT2D eigenvalue weighted by atomic mass is 10.0. The predicted octanol–water partition coefficient (Wildman–Crippen LogP) is 4.19. The molecule has 1 aromatic carbocycles. The molecular formula is C17H18FNOS. The molecule has 110 valence electrons. The first-order valence-electron chi connectivity index (χ1n) is 7.35. The Morgan fingerprint density at radius 3 is 3.05 bits per heavy atom. The topological polar surface area (TPSA) is 20.3 Å². The predicted molar refractivity (Wildman–Crippen MR) is 84.3 cm³/mol. The van der Waals surface area contributed by atoms with Crippen molar-refractivity contribution in [1.29, 1.82) is 0 Å². The molecule has 1 amide bonds. The third-order valence-corrected chi connectivity index (χ3v) is 4.79. The number of benzene rings is 1. The van der Waals surface area contributed by atoms with Gasteiger partial charge in [0.15, 0.2) is 0 Å². The van der Waals surface area contributed by atoms with Crippen LogP contribution < -0.4 is 4.90 Å². The Balaban J connectivity index is 1.63. The molecule has 2 nitrogen and oxygen atoms in total. The molecule has 21 heavy (non-hydrogen) atoms. The van der Waals surface area contributed by atoms with Crippen molar-refractivity contribution in [1.82, 2.24) is 0 Å². The van der Waals surface area contributed by atoms with Crippen molar-refractivity contribution in [2.45, 2.75) is 32.1 Å². The molecular weight excluding hydrogens is 285 g/mol. The van der Waals surface area contributed by atoms with Gasteiger partial charge in [0.2, 0.25) is 5.91 Å². The molecule has 0 spiro atoms. The van der Waals surface area contributed by atoms with Gasteiger partial charge in [0.25, 0.3) is 0 Å². The molecule has 0 bridgehead atoms. The van der Waals surface area contributed by atoms with E-state index >= 15 is 0 Å². The molecule has 0 aliphatic carbocycles. The first kappa shape index (κ1) is 14.3. The monoisotopic (exact) mass is 303 g/mol. The number of halogens is 1. The van der Waals surface area contributed by atoms with Crippen molar-refractivity contribution < 1.29 is 9.18 Å². The van der Waals surface area contributed by atoms with Crippen LogP contribution in [0.15, 0.2) is 35.7 Å². The number of aryl methyl sites for hydroxylation is 2. The van der Waals surface area contributed by atoms with Crippen molar-refractivity contribution in [3.05, 3.63) is 52.0 Å². The molecule has 2 aromatic rings. The summed E-state index contributed by atoms with van der Waals surface area (Å²) in [4.78, 5) is 15.6. The van der Waals surface area contributed by atoms with E-state index in [1.807, 2.05) is 11.0 Å². The second-order valence-corrected chi connectivity index (χ2v) is 6.39. The quantitative estimate of drug-likeness (QED) is 0.829. The van der Waals surface area contributed by atoms with Crippen LogP contribution in [0.4, 0.5) is 10.1 Å². The number of thiophene rings is 1. The molecule has 1 aliphatic rings. The Bertz CT molecular complexity index is 624. The van der Waals surface area contributed by atoms with Crippen LogP contribution in [0.25, 0.3) is 0 Å². The zero-order valence-corrected chi connectivity index (χ0v) is 12.7. The lowest BCUT2D eigenvalue weighted by molar-refractivity contribution is -0.118. The van der Waals surface area contributed by atoms with E-state index in [1.165, 1.54) is 10.9 Å². The summed E-state index contributed by atoms with van der Waals surface area (Å²) in [6, 6.07) is 8.88. The maximum absolute atomic E-state index is 13.3. The molecule has 1 aliphatic heterocycles. The van der Waals surface area contributed by atoms with Gasteiger partial charge >= 0.3 is 0 Å². The second kappa shape index (κ2) is 6.39. The Morgan fingerprint density at radius 2 is 2.24 bits per heavy atom. The second-order valence-electron chi connectivity index (χ2n) is 5.35. The largest absolute Gasteiger partial charge is 0.312 e. The number of amides is 1. The van der Waals surface area contributed by atoms with Crippen LogP contribution in [-0.4, -0.2) is 12.5 Å². The number of anilines is 1. The molecule has 0 atom stereocenters. The molecule has 1 aromatic heterocycles. The van der Waals surface area contributed by atoms with Crippen LogP contribution in [-0.2, 0) is 17.6 Å². The van der Waals surface area contributed by atoms with Crippen LogP contribution >= 0.6 is 11.3 Å². The third-order valence-electron chi connectivity index (χ3n) is 3.86. The Hall–Kier alpha value is -1.68. The van der Waals surface area contributed by atoms with Crippen LogP contribution in [0.3, 0.4) is 0 Å². The maximum Gasteiger partial charge on any atom is 0.226 e. The third kappa shape index (κ3) is 3.32. The summed E-state index contributed by atoms with van der Waals surface area (Å²) in [7, 11) is 0. The number of hydrogen-bond donors (Lipinski definition) is 0. The van der Waals surface area contributed by atoms with Crippen LogP contribution in [0.2, 0.25) is 0 Å². The van der Waals surface area contributed by atoms with Gasteiger partial charge in [-0.3, -0.25) is 4.79 Å². The van der Waals surface area contributed by atoms with Crippen molar-refractivity contribution in [3.63, 3.8) is 0 Å². The molecule has 0 saturated carbocycles. The average molecular weight is 303 g/mol. The number of rotatable bonds is 4. The fourth-order valence-electron chi connectivity index (χ4n) is 2.83. The summed E-state index contributed by atoms with van der Waals surface area (Å²) in [5.74, 6) is -0.0696. The molecule has 4 heteroatoms. The fraction of sp³-hybridized carbons (Fsp3) is 0.353. The minimum Gasteiger partial charge on any atom is -0.312 e. The van der Waals surface area contributed by atoms with E-state index < -0.39 is 0 Å². The SMILES string of the molecule is O=C(CCCc1cccs1)N1CCCc2cc(F)ccc21. The summed E-state index contributed by atoms with van der Waals surface area (Å²) in [6.45, 7) is 0.746. The van der Waals surface area contributed by atoms with Gasteiger partial charge in [0.05, 0.1) is 0 Å². The highest BCUT2D eigenvalue weighted by molar-refractivity contribution is 7.09. The smallest absolute Gasteiger partial charge is 0.226 e. The highest BCUT2D eigenvalue weighted by atomic mass is 32.1. The van der Waals surface area contributed by atoms with E-state index in [1.54, 1.807) is 23.5 Å². The van der Waals surface area contributed by atoms with E-state index in [2.05, 4.69) is 11.4 Å². The van der Waals surface area contributed by atoms with E-state index in [-0.39, 0.29) is 11.7 Å². The lowest BCUT2D eigenvalue weighted by Crippen LogP contribution is -2.35. The van der Waals surface area contributed by atoms with Gasteiger partial charge in [-0.25, -0.2) is 4.39 Å². The summed E-state index contributed by atoms with van der Waals surface area (Å²) < 4.78 is 13.3. The maximum atomic E-state index is 13.3. The van der Waals surface area contributed by atoms with Gasteiger partial charge in [0, 0.05) is 23.5 Å². The van der Waals surface area contributed by atoms with Crippen molar-refractivity contribution in [2.75, 3.05) is 11.4 Å². The molecule has 0 fully saturated rings. The molecule has 0 radical (unpaired) electrons. The summed E-state index contributed by atoms with van der Waals surface area (Å²) in [6.07, 6.45) is 4.13. The Labute approximate surface area is 128 Å². The standard InChI is InChI=1S/C17H18FNOS/c18-14-8-9-16-13(12-14)4-2-10-19(16)17(20)7-1-5-15-6-3-11-21-15/h3,6,8-9,11-12H,1-2,4-5,7,10H2. The average Bonchev–Trinajstić information content (AvgIpc) is 2.99. The van der Waals surface area contributed by atoms with E-state index in [0.717, 1.165) is 43.5 Å². The van der Waals surface area contributed by atoms with E-state index in [9.17, 15) is 9.18 Å². The normalized spacial score (nSPS) is 14.0. The van der Waals surface area contributed by atoms with Gasteiger partial charge in [-0.15, -0.1) is 11.3 Å². The van der Waals surface area contributed by atoms with Crippen molar-refractivity contribution in [2.24, 2.45) is 0 Å². The summed E-state index contributed by atoms with van der Waals surface area (Å²) >= 11 is 1.73. The van der Waals surface area contributed by atoms with Crippen molar-refractivity contribution >= 4 is 22.9 Å². The summed E-state index contributed by atoms with van der Waals surface area (Å²) in [5, 5.41) is 2.06. The molecule has 0 unspecified atom stereocenters. The molecule has 0 saturated heterocycles. The Morgan fingerprint density at radius 1 is 1.33 bits per heavy atom. The van der Waals surface area contributed by atoms with E-state index in [0.29, 0.717) is 6.42 Å². The summed E-state index contributed by atoms with van der Waals surface area (Å²) in [5.41, 5.74) is 1.84. The molecule has 0 N–H and O–H groups in total. The molecule has 2 heterocycles. The van der Waals surface area contributed by atoms with Gasteiger partial charge in [-0.2, -0.15) is 0 Å². The zero-order valence-electron chi connectivity index (χ0n) is 11.8. The molecule has 3 rings (SSSR count). The van der Waals surface area contributed by atoms with Gasteiger partial charge < -0.3 is 4.90 Å². The van der Waals surface area contributed by atoms with Gasteiger partial charge in [0.1, 0.15) is 5.82 Å². The van der Waals surface area contributed by atoms with Crippen molar-refractivity contribution in [3.8, 4) is 0 Å². The number of carbonyl (C=O) groups excluding carboxylic acids is 1. The van der Waals surface area contributed by atoms with Crippen LogP contribution in [0.1, 0.15) is 29.7 Å². The number of nitrogens with zero attached hydrogens (tertiary/aromatic N) is 1. The number of carbonyl (C=O) groups is 1.